The zero-order chi connectivity index (χ0) is 13.9. The summed E-state index contributed by atoms with van der Waals surface area (Å²) < 4.78 is 25.2. The van der Waals surface area contributed by atoms with E-state index in [-0.39, 0.29) is 11.6 Å². The van der Waals surface area contributed by atoms with Crippen molar-refractivity contribution in [1.29, 1.82) is 0 Å². The third kappa shape index (κ3) is 3.79. The lowest BCUT2D eigenvalue weighted by Gasteiger charge is -2.31. The fourth-order valence-electron chi connectivity index (χ4n) is 2.18. The van der Waals surface area contributed by atoms with Gasteiger partial charge in [-0.05, 0) is 37.8 Å². The van der Waals surface area contributed by atoms with E-state index in [1.54, 1.807) is 13.0 Å². The molecule has 0 aromatic carbocycles. The molecule has 0 bridgehead atoms. The van der Waals surface area contributed by atoms with Crippen LogP contribution in [-0.4, -0.2) is 37.5 Å². The van der Waals surface area contributed by atoms with Gasteiger partial charge in [-0.15, -0.1) is 10.2 Å². The predicted octanol–water partition coefficient (Wildman–Crippen LogP) is 1.47. The first-order valence-electron chi connectivity index (χ1n) is 6.59. The minimum atomic E-state index is -3.29. The van der Waals surface area contributed by atoms with Gasteiger partial charge >= 0.3 is 0 Å². The number of nitrogens with one attached hydrogen (secondary N) is 1. The molecule has 7 heteroatoms. The van der Waals surface area contributed by atoms with Gasteiger partial charge in [0.1, 0.15) is 0 Å². The summed E-state index contributed by atoms with van der Waals surface area (Å²) in [5, 5.41) is 8.03. The maximum Gasteiger partial charge on any atom is 0.233 e. The van der Waals surface area contributed by atoms with Crippen molar-refractivity contribution in [3.8, 4) is 0 Å². The van der Waals surface area contributed by atoms with E-state index < -0.39 is 10.0 Å². The molecule has 1 unspecified atom stereocenters. The highest BCUT2D eigenvalue weighted by Crippen LogP contribution is 2.21. The Labute approximate surface area is 114 Å². The van der Waals surface area contributed by atoms with Gasteiger partial charge in [0.25, 0.3) is 0 Å². The molecule has 1 N–H and O–H groups in total. The SMILES string of the molecule is CCS(=O)(=O)Nc1ccc(N2CCCC(C)C2)nn1. The van der Waals surface area contributed by atoms with Gasteiger partial charge in [-0.3, -0.25) is 4.72 Å². The molecule has 1 aliphatic rings. The molecule has 1 aliphatic heterocycles. The fraction of sp³-hybridized carbons (Fsp3) is 0.667. The lowest BCUT2D eigenvalue weighted by Crippen LogP contribution is -2.34. The van der Waals surface area contributed by atoms with Gasteiger partial charge in [0.2, 0.25) is 10.0 Å². The second-order valence-electron chi connectivity index (χ2n) is 4.98. The van der Waals surface area contributed by atoms with E-state index in [1.807, 2.05) is 6.07 Å². The van der Waals surface area contributed by atoms with Crippen LogP contribution in [0, 0.1) is 5.92 Å². The highest BCUT2D eigenvalue weighted by Gasteiger charge is 2.18. The Morgan fingerprint density at radius 2 is 2.21 bits per heavy atom. The monoisotopic (exact) mass is 284 g/mol. The summed E-state index contributed by atoms with van der Waals surface area (Å²) in [5.41, 5.74) is 0. The third-order valence-corrected chi connectivity index (χ3v) is 4.55. The Morgan fingerprint density at radius 1 is 1.42 bits per heavy atom. The average Bonchev–Trinajstić information content (AvgIpc) is 2.39. The van der Waals surface area contributed by atoms with Crippen molar-refractivity contribution in [2.24, 2.45) is 5.92 Å². The third-order valence-electron chi connectivity index (χ3n) is 3.27. The molecular weight excluding hydrogens is 264 g/mol. The summed E-state index contributed by atoms with van der Waals surface area (Å²) in [4.78, 5) is 2.19. The molecule has 1 fully saturated rings. The Balaban J connectivity index is 2.06. The zero-order valence-electron chi connectivity index (χ0n) is 11.3. The molecule has 0 radical (unpaired) electrons. The van der Waals surface area contributed by atoms with Crippen LogP contribution in [0.25, 0.3) is 0 Å². The lowest BCUT2D eigenvalue weighted by molar-refractivity contribution is 0.444. The van der Waals surface area contributed by atoms with Crippen molar-refractivity contribution in [2.45, 2.75) is 26.7 Å². The highest BCUT2D eigenvalue weighted by molar-refractivity contribution is 7.92. The van der Waals surface area contributed by atoms with Gasteiger partial charge in [0.05, 0.1) is 5.75 Å². The van der Waals surface area contributed by atoms with E-state index >= 15 is 0 Å². The van der Waals surface area contributed by atoms with Gasteiger partial charge in [-0.25, -0.2) is 8.42 Å². The van der Waals surface area contributed by atoms with Crippen LogP contribution in [0.15, 0.2) is 12.1 Å². The van der Waals surface area contributed by atoms with Crippen molar-refractivity contribution < 1.29 is 8.42 Å². The van der Waals surface area contributed by atoms with Crippen LogP contribution in [0.5, 0.6) is 0 Å². The molecule has 0 saturated carbocycles. The second kappa shape index (κ2) is 5.73. The van der Waals surface area contributed by atoms with Gasteiger partial charge in [0.15, 0.2) is 11.6 Å². The molecule has 0 aliphatic carbocycles. The molecule has 0 amide bonds. The first-order valence-corrected chi connectivity index (χ1v) is 8.24. The van der Waals surface area contributed by atoms with E-state index in [4.69, 9.17) is 0 Å². The van der Waals surface area contributed by atoms with Crippen molar-refractivity contribution in [2.75, 3.05) is 28.5 Å². The van der Waals surface area contributed by atoms with Crippen LogP contribution in [0.3, 0.4) is 0 Å². The van der Waals surface area contributed by atoms with Crippen LogP contribution < -0.4 is 9.62 Å². The molecule has 0 spiro atoms. The summed E-state index contributed by atoms with van der Waals surface area (Å²) in [6.07, 6.45) is 2.41. The number of hydrogen-bond donors (Lipinski definition) is 1. The normalized spacial score (nSPS) is 20.3. The summed E-state index contributed by atoms with van der Waals surface area (Å²) in [7, 11) is -3.29. The number of aromatic nitrogens is 2. The molecule has 1 aromatic heterocycles. The van der Waals surface area contributed by atoms with E-state index in [9.17, 15) is 8.42 Å². The summed E-state index contributed by atoms with van der Waals surface area (Å²) >= 11 is 0. The summed E-state index contributed by atoms with van der Waals surface area (Å²) in [6, 6.07) is 3.48. The molecule has 1 saturated heterocycles. The van der Waals surface area contributed by atoms with E-state index in [1.165, 1.54) is 6.42 Å². The van der Waals surface area contributed by atoms with E-state index in [2.05, 4.69) is 26.7 Å². The largest absolute Gasteiger partial charge is 0.355 e. The summed E-state index contributed by atoms with van der Waals surface area (Å²) in [6.45, 7) is 5.77. The van der Waals surface area contributed by atoms with E-state index in [0.717, 1.165) is 25.3 Å². The fourth-order valence-corrected chi connectivity index (χ4v) is 2.75. The molecule has 19 heavy (non-hydrogen) atoms. The highest BCUT2D eigenvalue weighted by atomic mass is 32.2. The van der Waals surface area contributed by atoms with Crippen LogP contribution in [0.2, 0.25) is 0 Å². The maximum atomic E-state index is 11.4. The quantitative estimate of drug-likeness (QED) is 0.906. The number of rotatable bonds is 4. The van der Waals surface area contributed by atoms with Crippen LogP contribution in [-0.2, 0) is 10.0 Å². The van der Waals surface area contributed by atoms with E-state index in [0.29, 0.717) is 5.92 Å². The zero-order valence-corrected chi connectivity index (χ0v) is 12.2. The maximum absolute atomic E-state index is 11.4. The molecule has 2 heterocycles. The number of nitrogens with zero attached hydrogens (tertiary/aromatic N) is 3. The van der Waals surface area contributed by atoms with Crippen LogP contribution in [0.1, 0.15) is 26.7 Å². The van der Waals surface area contributed by atoms with Gasteiger partial charge < -0.3 is 4.90 Å². The minimum Gasteiger partial charge on any atom is -0.355 e. The molecule has 1 aromatic rings. The Kier molecular flexibility index (Phi) is 4.24. The topological polar surface area (TPSA) is 75.2 Å². The molecule has 2 rings (SSSR count). The number of piperidine rings is 1. The minimum absolute atomic E-state index is 0.0278. The average molecular weight is 284 g/mol. The predicted molar refractivity (Wildman–Crippen MR) is 75.7 cm³/mol. The Morgan fingerprint density at radius 3 is 2.79 bits per heavy atom. The lowest BCUT2D eigenvalue weighted by atomic mass is 10.0. The van der Waals surface area contributed by atoms with Crippen molar-refractivity contribution in [3.63, 3.8) is 0 Å². The first kappa shape index (κ1) is 14.0. The van der Waals surface area contributed by atoms with Crippen molar-refractivity contribution in [3.05, 3.63) is 12.1 Å². The molecule has 1 atom stereocenters. The number of anilines is 2. The van der Waals surface area contributed by atoms with Crippen molar-refractivity contribution >= 4 is 21.7 Å². The van der Waals surface area contributed by atoms with Crippen molar-refractivity contribution in [1.82, 2.24) is 10.2 Å². The van der Waals surface area contributed by atoms with Gasteiger partial charge in [-0.1, -0.05) is 6.92 Å². The second-order valence-corrected chi connectivity index (χ2v) is 6.99. The molecule has 106 valence electrons. The van der Waals surface area contributed by atoms with Crippen LogP contribution in [0.4, 0.5) is 11.6 Å². The van der Waals surface area contributed by atoms with Crippen LogP contribution >= 0.6 is 0 Å². The van der Waals surface area contributed by atoms with Gasteiger partial charge in [-0.2, -0.15) is 0 Å². The summed E-state index contributed by atoms with van der Waals surface area (Å²) in [5.74, 6) is 1.77. The molecular formula is C12H20N4O2S. The molecule has 6 nitrogen and oxygen atoms in total. The first-order chi connectivity index (χ1) is 9.00. The Bertz CT molecular complexity index is 515. The van der Waals surface area contributed by atoms with Gasteiger partial charge in [0, 0.05) is 13.1 Å². The number of hydrogen-bond acceptors (Lipinski definition) is 5. The smallest absolute Gasteiger partial charge is 0.233 e. The Hall–Kier alpha value is -1.37. The standard InChI is InChI=1S/C12H20N4O2S/c1-3-19(17,18)15-11-6-7-12(14-13-11)16-8-4-5-10(2)9-16/h6-7,10H,3-5,8-9H2,1-2H3,(H,13,15). The number of sulfonamides is 1.